The monoisotopic (exact) mass is 408 g/mol. The molecule has 0 aliphatic heterocycles. The number of aromatic nitrogens is 2. The summed E-state index contributed by atoms with van der Waals surface area (Å²) in [7, 11) is 1.32. The van der Waals surface area contributed by atoms with Crippen LogP contribution in [-0.4, -0.2) is 46.7 Å². The highest BCUT2D eigenvalue weighted by Gasteiger charge is 2.15. The fourth-order valence-electron chi connectivity index (χ4n) is 2.94. The SMILES string of the molecule is CCOC(=O)c1cc2cccc(C(=O)OC)c2[nH]1.O=C(O)c1cc2ccccc2[nH]1. The van der Waals surface area contributed by atoms with Crippen LogP contribution in [-0.2, 0) is 9.47 Å². The Bertz CT molecular complexity index is 1190. The molecule has 0 radical (unpaired) electrons. The van der Waals surface area contributed by atoms with E-state index < -0.39 is 17.9 Å². The van der Waals surface area contributed by atoms with Gasteiger partial charge in [-0.25, -0.2) is 14.4 Å². The number of nitrogens with one attached hydrogen (secondary N) is 2. The number of methoxy groups -OCH3 is 1. The summed E-state index contributed by atoms with van der Waals surface area (Å²) < 4.78 is 9.58. The van der Waals surface area contributed by atoms with E-state index in [9.17, 15) is 14.4 Å². The number of fused-ring (bicyclic) bond motifs is 2. The number of hydrogen-bond acceptors (Lipinski definition) is 5. The minimum absolute atomic E-state index is 0.233. The van der Waals surface area contributed by atoms with Gasteiger partial charge in [-0.15, -0.1) is 0 Å². The van der Waals surface area contributed by atoms with Gasteiger partial charge in [0, 0.05) is 16.3 Å². The topological polar surface area (TPSA) is 121 Å². The van der Waals surface area contributed by atoms with Crippen molar-refractivity contribution in [2.24, 2.45) is 0 Å². The summed E-state index contributed by atoms with van der Waals surface area (Å²) in [5.41, 5.74) is 2.38. The third-order valence-corrected chi connectivity index (χ3v) is 4.32. The number of aromatic carboxylic acids is 1. The molecule has 8 heteroatoms. The van der Waals surface area contributed by atoms with Crippen LogP contribution in [0.4, 0.5) is 0 Å². The zero-order valence-corrected chi connectivity index (χ0v) is 16.4. The molecule has 0 atom stereocenters. The van der Waals surface area contributed by atoms with Crippen molar-refractivity contribution >= 4 is 39.7 Å². The molecule has 0 aliphatic rings. The number of aromatic amines is 2. The molecule has 30 heavy (non-hydrogen) atoms. The molecule has 2 heterocycles. The number of H-pyrrole nitrogens is 2. The van der Waals surface area contributed by atoms with Gasteiger partial charge in [0.05, 0.1) is 24.8 Å². The molecule has 8 nitrogen and oxygen atoms in total. The number of para-hydroxylation sites is 2. The van der Waals surface area contributed by atoms with Crippen molar-refractivity contribution in [2.75, 3.05) is 13.7 Å². The third-order valence-electron chi connectivity index (χ3n) is 4.32. The number of rotatable bonds is 4. The maximum absolute atomic E-state index is 11.6. The van der Waals surface area contributed by atoms with Gasteiger partial charge >= 0.3 is 17.9 Å². The number of carbonyl (C=O) groups is 3. The average molecular weight is 408 g/mol. The number of benzene rings is 2. The van der Waals surface area contributed by atoms with Crippen LogP contribution in [0.3, 0.4) is 0 Å². The van der Waals surface area contributed by atoms with Crippen LogP contribution in [0.2, 0.25) is 0 Å². The van der Waals surface area contributed by atoms with E-state index in [0.29, 0.717) is 23.4 Å². The Hall–Kier alpha value is -4.07. The minimum atomic E-state index is -0.925. The molecule has 0 bridgehead atoms. The van der Waals surface area contributed by atoms with Crippen LogP contribution in [0.5, 0.6) is 0 Å². The Kier molecular flexibility index (Phi) is 6.17. The molecular weight excluding hydrogens is 388 g/mol. The van der Waals surface area contributed by atoms with Crippen molar-refractivity contribution in [1.29, 1.82) is 0 Å². The van der Waals surface area contributed by atoms with Crippen LogP contribution in [0, 0.1) is 0 Å². The van der Waals surface area contributed by atoms with Crippen molar-refractivity contribution in [1.82, 2.24) is 9.97 Å². The van der Waals surface area contributed by atoms with Crippen LogP contribution in [0.15, 0.2) is 54.6 Å². The van der Waals surface area contributed by atoms with E-state index in [-0.39, 0.29) is 5.69 Å². The summed E-state index contributed by atoms with van der Waals surface area (Å²) in [4.78, 5) is 39.4. The Labute approximate surface area is 171 Å². The van der Waals surface area contributed by atoms with Crippen molar-refractivity contribution in [3.8, 4) is 0 Å². The second-order valence-electron chi connectivity index (χ2n) is 6.24. The molecule has 0 spiro atoms. The Morgan fingerprint density at radius 2 is 1.60 bits per heavy atom. The molecular formula is C22H20N2O6. The van der Waals surface area contributed by atoms with Crippen LogP contribution < -0.4 is 0 Å². The zero-order valence-electron chi connectivity index (χ0n) is 16.4. The Morgan fingerprint density at radius 1 is 0.900 bits per heavy atom. The number of carboxylic acid groups (broad SMARTS) is 1. The lowest BCUT2D eigenvalue weighted by molar-refractivity contribution is 0.0518. The fourth-order valence-corrected chi connectivity index (χ4v) is 2.94. The van der Waals surface area contributed by atoms with Gasteiger partial charge in [0.25, 0.3) is 0 Å². The normalized spacial score (nSPS) is 10.3. The highest BCUT2D eigenvalue weighted by atomic mass is 16.5. The number of esters is 2. The lowest BCUT2D eigenvalue weighted by Gasteiger charge is -2.00. The summed E-state index contributed by atoms with van der Waals surface area (Å²) in [6.45, 7) is 2.04. The van der Waals surface area contributed by atoms with Crippen molar-refractivity contribution in [2.45, 2.75) is 6.92 Å². The van der Waals surface area contributed by atoms with Crippen molar-refractivity contribution in [3.63, 3.8) is 0 Å². The molecule has 4 aromatic rings. The molecule has 154 valence electrons. The Balaban J connectivity index is 0.000000184. The summed E-state index contributed by atoms with van der Waals surface area (Å²) in [5, 5.41) is 10.3. The third kappa shape index (κ3) is 4.33. The molecule has 0 unspecified atom stereocenters. The summed E-state index contributed by atoms with van der Waals surface area (Å²) >= 11 is 0. The summed E-state index contributed by atoms with van der Waals surface area (Å²) in [6, 6.07) is 15.9. The number of hydrogen-bond donors (Lipinski definition) is 3. The maximum atomic E-state index is 11.6. The number of carboxylic acids is 1. The highest BCUT2D eigenvalue weighted by molar-refractivity contribution is 6.05. The maximum Gasteiger partial charge on any atom is 0.354 e. The predicted octanol–water partition coefficient (Wildman–Crippen LogP) is 4.00. The van der Waals surface area contributed by atoms with Crippen LogP contribution in [0.1, 0.15) is 38.3 Å². The van der Waals surface area contributed by atoms with E-state index in [2.05, 4.69) is 14.7 Å². The molecule has 0 saturated heterocycles. The van der Waals surface area contributed by atoms with Gasteiger partial charge in [-0.2, -0.15) is 0 Å². The smallest absolute Gasteiger partial charge is 0.354 e. The van der Waals surface area contributed by atoms with Gasteiger partial charge in [0.2, 0.25) is 0 Å². The first-order chi connectivity index (χ1) is 14.4. The van der Waals surface area contributed by atoms with Gasteiger partial charge in [0.1, 0.15) is 11.4 Å². The van der Waals surface area contributed by atoms with Gasteiger partial charge in [0.15, 0.2) is 0 Å². The van der Waals surface area contributed by atoms with E-state index >= 15 is 0 Å². The first-order valence-electron chi connectivity index (χ1n) is 9.12. The van der Waals surface area contributed by atoms with Crippen molar-refractivity contribution in [3.05, 3.63) is 71.5 Å². The molecule has 3 N–H and O–H groups in total. The van der Waals surface area contributed by atoms with E-state index in [0.717, 1.165) is 16.3 Å². The standard InChI is InChI=1S/C13H13NO4.C9H7NO2/c1-3-18-13(16)10-7-8-5-4-6-9(11(8)14-10)12(15)17-2;11-9(12)8-5-6-3-1-2-4-7(6)10-8/h4-7,14H,3H2,1-2H3;1-5,10H,(H,11,12). The molecule has 0 saturated carbocycles. The van der Waals surface area contributed by atoms with E-state index in [1.165, 1.54) is 7.11 Å². The fraction of sp³-hybridized carbons (Fsp3) is 0.136. The van der Waals surface area contributed by atoms with E-state index in [1.54, 1.807) is 37.3 Å². The lowest BCUT2D eigenvalue weighted by Crippen LogP contribution is -2.05. The first kappa shape index (κ1) is 20.7. The zero-order chi connectivity index (χ0) is 21.7. The molecule has 4 rings (SSSR count). The minimum Gasteiger partial charge on any atom is -0.477 e. The van der Waals surface area contributed by atoms with Crippen LogP contribution in [0.25, 0.3) is 21.8 Å². The van der Waals surface area contributed by atoms with Gasteiger partial charge in [-0.05, 0) is 31.2 Å². The quantitative estimate of drug-likeness (QED) is 0.439. The second kappa shape index (κ2) is 8.95. The molecule has 2 aromatic carbocycles. The first-order valence-corrected chi connectivity index (χ1v) is 9.12. The van der Waals surface area contributed by atoms with Gasteiger partial charge in [-0.1, -0.05) is 30.3 Å². The second-order valence-corrected chi connectivity index (χ2v) is 6.24. The summed E-state index contributed by atoms with van der Waals surface area (Å²) in [6.07, 6.45) is 0. The predicted molar refractivity (Wildman–Crippen MR) is 111 cm³/mol. The van der Waals surface area contributed by atoms with Gasteiger partial charge < -0.3 is 24.5 Å². The highest BCUT2D eigenvalue weighted by Crippen LogP contribution is 2.20. The van der Waals surface area contributed by atoms with Crippen molar-refractivity contribution < 1.29 is 29.0 Å². The average Bonchev–Trinajstić information content (AvgIpc) is 3.38. The molecule has 2 aromatic heterocycles. The molecule has 0 amide bonds. The largest absolute Gasteiger partial charge is 0.477 e. The molecule has 0 aliphatic carbocycles. The van der Waals surface area contributed by atoms with E-state index in [4.69, 9.17) is 9.84 Å². The van der Waals surface area contributed by atoms with Gasteiger partial charge in [-0.3, -0.25) is 0 Å². The Morgan fingerprint density at radius 3 is 2.27 bits per heavy atom. The number of ether oxygens (including phenoxy) is 2. The summed E-state index contributed by atoms with van der Waals surface area (Å²) in [5.74, 6) is -1.81. The molecule has 0 fully saturated rings. The van der Waals surface area contributed by atoms with E-state index in [1.807, 2.05) is 24.3 Å². The lowest BCUT2D eigenvalue weighted by atomic mass is 10.1. The van der Waals surface area contributed by atoms with Crippen LogP contribution >= 0.6 is 0 Å². The number of carbonyl (C=O) groups excluding carboxylic acids is 2.